The molecule has 258 valence electrons. The van der Waals surface area contributed by atoms with Gasteiger partial charge in [0.05, 0.1) is 28.4 Å². The number of carbonyl (C=O) groups excluding carboxylic acids is 2. The SMILES string of the molecule is COc1cccc(OC)c1C(=O)P(=O)(CC(C)CC(C)(C)C)C(=O)c1c(OC)cccc1OC.O=c1c2ccccc2sc2ccccc12. The number of rotatable bonds is 11. The minimum atomic E-state index is -4.25. The van der Waals surface area contributed by atoms with E-state index >= 15 is 0 Å². The van der Waals surface area contributed by atoms with Gasteiger partial charge in [-0.05, 0) is 66.3 Å². The van der Waals surface area contributed by atoms with Crippen LogP contribution in [-0.2, 0) is 4.57 Å². The molecule has 49 heavy (non-hydrogen) atoms. The summed E-state index contributed by atoms with van der Waals surface area (Å²) in [6, 6.07) is 25.1. The minimum Gasteiger partial charge on any atom is -0.496 e. The lowest BCUT2D eigenvalue weighted by Gasteiger charge is -2.27. The lowest BCUT2D eigenvalue weighted by atomic mass is 9.86. The number of fused-ring (bicyclic) bond motifs is 2. The van der Waals surface area contributed by atoms with Crippen molar-refractivity contribution in [1.29, 1.82) is 0 Å². The zero-order valence-corrected chi connectivity index (χ0v) is 30.9. The van der Waals surface area contributed by atoms with Crippen molar-refractivity contribution in [2.45, 2.75) is 34.1 Å². The van der Waals surface area contributed by atoms with Gasteiger partial charge in [0.1, 0.15) is 34.1 Å². The Kier molecular flexibility index (Phi) is 12.1. The molecule has 4 aromatic carbocycles. The average Bonchev–Trinajstić information content (AvgIpc) is 3.09. The molecule has 1 aromatic heterocycles. The largest absolute Gasteiger partial charge is 0.496 e. The van der Waals surface area contributed by atoms with Gasteiger partial charge in [-0.1, -0.05) is 64.1 Å². The van der Waals surface area contributed by atoms with Crippen molar-refractivity contribution < 1.29 is 33.1 Å². The van der Waals surface area contributed by atoms with E-state index in [0.29, 0.717) is 6.42 Å². The second-order valence-corrected chi connectivity index (χ2v) is 16.6. The predicted molar refractivity (Wildman–Crippen MR) is 199 cm³/mol. The summed E-state index contributed by atoms with van der Waals surface area (Å²) in [6.45, 7) is 8.08. The molecule has 5 aromatic rings. The molecular weight excluding hydrogens is 659 g/mol. The lowest BCUT2D eigenvalue weighted by Crippen LogP contribution is -2.21. The summed E-state index contributed by atoms with van der Waals surface area (Å²) < 4.78 is 38.3. The molecule has 0 aliphatic heterocycles. The summed E-state index contributed by atoms with van der Waals surface area (Å²) in [5, 5.41) is 1.64. The van der Waals surface area contributed by atoms with Crippen molar-refractivity contribution in [2.75, 3.05) is 34.6 Å². The van der Waals surface area contributed by atoms with E-state index in [1.165, 1.54) is 28.4 Å². The maximum Gasteiger partial charge on any atom is 0.236 e. The van der Waals surface area contributed by atoms with Gasteiger partial charge >= 0.3 is 0 Å². The second-order valence-electron chi connectivity index (χ2n) is 12.9. The summed E-state index contributed by atoms with van der Waals surface area (Å²) in [7, 11) is 1.38. The summed E-state index contributed by atoms with van der Waals surface area (Å²) in [5.74, 6) is 0.571. The highest BCUT2D eigenvalue weighted by atomic mass is 32.1. The number of methoxy groups -OCH3 is 4. The Balaban J connectivity index is 0.000000295. The van der Waals surface area contributed by atoms with Crippen molar-refractivity contribution in [2.24, 2.45) is 11.3 Å². The van der Waals surface area contributed by atoms with Crippen molar-refractivity contribution >= 4 is 49.7 Å². The summed E-state index contributed by atoms with van der Waals surface area (Å²) in [4.78, 5) is 40.1. The third kappa shape index (κ3) is 8.23. The summed E-state index contributed by atoms with van der Waals surface area (Å²) in [6.07, 6.45) is 0.564. The monoisotopic (exact) mass is 702 g/mol. The van der Waals surface area contributed by atoms with Gasteiger partial charge < -0.3 is 23.5 Å². The Morgan fingerprint density at radius 3 is 1.37 bits per heavy atom. The third-order valence-electron chi connectivity index (χ3n) is 7.95. The number of benzene rings is 4. The maximum absolute atomic E-state index is 14.7. The molecule has 1 atom stereocenters. The van der Waals surface area contributed by atoms with E-state index < -0.39 is 18.2 Å². The Labute approximate surface area is 291 Å². The molecule has 0 radical (unpaired) electrons. The van der Waals surface area contributed by atoms with Crippen LogP contribution in [0.15, 0.2) is 89.7 Å². The van der Waals surface area contributed by atoms with Crippen molar-refractivity contribution in [3.8, 4) is 23.0 Å². The molecule has 1 heterocycles. The Morgan fingerprint density at radius 1 is 0.653 bits per heavy atom. The van der Waals surface area contributed by atoms with Crippen molar-refractivity contribution in [1.82, 2.24) is 0 Å². The van der Waals surface area contributed by atoms with Crippen LogP contribution in [0.4, 0.5) is 0 Å². The van der Waals surface area contributed by atoms with E-state index in [4.69, 9.17) is 18.9 Å². The summed E-state index contributed by atoms with van der Waals surface area (Å²) in [5.41, 5.74) is -1.58. The molecule has 0 amide bonds. The average molecular weight is 703 g/mol. The van der Waals surface area contributed by atoms with Crippen LogP contribution >= 0.6 is 18.5 Å². The van der Waals surface area contributed by atoms with Crippen LogP contribution in [0.1, 0.15) is 54.8 Å². The number of hydrogen-bond donors (Lipinski definition) is 0. The normalized spacial score (nSPS) is 12.1. The Hall–Kier alpha value is -4.46. The quantitative estimate of drug-likeness (QED) is 0.0990. The zero-order valence-electron chi connectivity index (χ0n) is 29.2. The molecule has 0 saturated carbocycles. The maximum atomic E-state index is 14.7. The van der Waals surface area contributed by atoms with Crippen LogP contribution in [0.25, 0.3) is 20.2 Å². The smallest absolute Gasteiger partial charge is 0.236 e. The van der Waals surface area contributed by atoms with Gasteiger partial charge in [0.25, 0.3) is 0 Å². The van der Waals surface area contributed by atoms with E-state index in [1.807, 2.05) is 55.5 Å². The van der Waals surface area contributed by atoms with Crippen LogP contribution in [0.5, 0.6) is 23.0 Å². The van der Waals surface area contributed by atoms with E-state index in [2.05, 4.69) is 20.8 Å². The Morgan fingerprint density at radius 2 is 1.02 bits per heavy atom. The molecular formula is C39H43O8PS. The third-order valence-corrected chi connectivity index (χ3v) is 12.0. The van der Waals surface area contributed by atoms with Crippen molar-refractivity contribution in [3.05, 3.63) is 106 Å². The van der Waals surface area contributed by atoms with Crippen LogP contribution in [0, 0.1) is 11.3 Å². The molecule has 10 heteroatoms. The highest BCUT2D eigenvalue weighted by molar-refractivity contribution is 7.95. The van der Waals surface area contributed by atoms with E-state index in [0.717, 1.165) is 20.2 Å². The first-order valence-corrected chi connectivity index (χ1v) is 18.5. The first-order chi connectivity index (χ1) is 23.3. The van der Waals surface area contributed by atoms with E-state index in [1.54, 1.807) is 47.7 Å². The van der Waals surface area contributed by atoms with Crippen LogP contribution in [0.2, 0.25) is 0 Å². The fourth-order valence-electron chi connectivity index (χ4n) is 6.04. The molecule has 0 aliphatic rings. The molecule has 8 nitrogen and oxygen atoms in total. The first kappa shape index (κ1) is 37.4. The van der Waals surface area contributed by atoms with Gasteiger partial charge in [0.15, 0.2) is 5.43 Å². The highest BCUT2D eigenvalue weighted by Gasteiger charge is 2.46. The molecule has 1 unspecified atom stereocenters. The van der Waals surface area contributed by atoms with E-state index in [-0.39, 0.29) is 57.0 Å². The fraction of sp³-hybridized carbons (Fsp3) is 0.308. The molecule has 0 N–H and O–H groups in total. The van der Waals surface area contributed by atoms with E-state index in [9.17, 15) is 18.9 Å². The second kappa shape index (κ2) is 15.8. The van der Waals surface area contributed by atoms with Crippen LogP contribution < -0.4 is 24.4 Å². The van der Waals surface area contributed by atoms with Gasteiger partial charge in [-0.15, -0.1) is 11.3 Å². The van der Waals surface area contributed by atoms with Crippen LogP contribution in [-0.4, -0.2) is 45.6 Å². The van der Waals surface area contributed by atoms with Crippen molar-refractivity contribution in [3.63, 3.8) is 0 Å². The molecule has 5 rings (SSSR count). The molecule has 0 bridgehead atoms. The molecule has 0 fully saturated rings. The lowest BCUT2D eigenvalue weighted by molar-refractivity contribution is 0.103. The first-order valence-electron chi connectivity index (χ1n) is 15.8. The summed E-state index contributed by atoms with van der Waals surface area (Å²) >= 11 is 1.67. The van der Waals surface area contributed by atoms with Gasteiger partial charge in [-0.25, -0.2) is 0 Å². The Bertz CT molecular complexity index is 1910. The number of ether oxygens (including phenoxy) is 4. The number of carbonyl (C=O) groups is 2. The molecule has 0 spiro atoms. The number of hydrogen-bond acceptors (Lipinski definition) is 9. The molecule has 0 aliphatic carbocycles. The predicted octanol–water partition coefficient (Wildman–Crippen LogP) is 9.55. The van der Waals surface area contributed by atoms with Gasteiger partial charge in [0.2, 0.25) is 18.2 Å². The van der Waals surface area contributed by atoms with Crippen LogP contribution in [0.3, 0.4) is 0 Å². The standard InChI is InChI=1S/C26H35O7P.C13H8OS/c1-17(15-26(2,3)4)16-34(29,24(27)22-18(30-5)11-9-12-19(22)31-6)25(28)23-20(32-7)13-10-14-21(23)33-8;14-13-9-5-1-3-7-11(9)15-12-8-4-2-6-10(12)13/h9-14,17H,15-16H2,1-8H3;1-8H. The topological polar surface area (TPSA) is 105 Å². The van der Waals surface area contributed by atoms with Gasteiger partial charge in [-0.3, -0.25) is 14.4 Å². The van der Waals surface area contributed by atoms with Gasteiger partial charge in [0, 0.05) is 26.3 Å². The highest BCUT2D eigenvalue weighted by Crippen LogP contribution is 2.58. The zero-order chi connectivity index (χ0) is 35.9. The van der Waals surface area contributed by atoms with Gasteiger partial charge in [-0.2, -0.15) is 0 Å². The minimum absolute atomic E-state index is 0.0130. The molecule has 0 saturated heterocycles. The fourth-order valence-corrected chi connectivity index (χ4v) is 9.80.